The molecule has 0 spiro atoms. The third-order valence-electron chi connectivity index (χ3n) is 6.56. The lowest BCUT2D eigenvalue weighted by Crippen LogP contribution is -2.50. The molecule has 0 radical (unpaired) electrons. The predicted molar refractivity (Wildman–Crippen MR) is 140 cm³/mol. The van der Waals surface area contributed by atoms with E-state index in [-0.39, 0.29) is 36.7 Å². The molecule has 1 aromatic heterocycles. The summed E-state index contributed by atoms with van der Waals surface area (Å²) in [7, 11) is -3.51. The van der Waals surface area contributed by atoms with Crippen molar-refractivity contribution in [2.45, 2.75) is 60.1 Å². The van der Waals surface area contributed by atoms with E-state index in [1.54, 1.807) is 28.5 Å². The first-order chi connectivity index (χ1) is 16.9. The second-order valence-corrected chi connectivity index (χ2v) is 13.2. The van der Waals surface area contributed by atoms with Crippen LogP contribution in [0.1, 0.15) is 55.3 Å². The van der Waals surface area contributed by atoms with Crippen LogP contribution < -0.4 is 5.32 Å². The molecule has 2 aliphatic rings. The smallest absolute Gasteiger partial charge is 0.255 e. The van der Waals surface area contributed by atoms with Crippen molar-refractivity contribution in [2.24, 2.45) is 0 Å². The Labute approximate surface area is 216 Å². The fourth-order valence-electron chi connectivity index (χ4n) is 4.62. The van der Waals surface area contributed by atoms with E-state index in [4.69, 9.17) is 0 Å². The van der Waals surface area contributed by atoms with Crippen LogP contribution in [0.4, 0.5) is 0 Å². The summed E-state index contributed by atoms with van der Waals surface area (Å²) in [6.45, 7) is 1.21. The Morgan fingerprint density at radius 2 is 1.63 bits per heavy atom. The SMILES string of the molecule is O=C(CSc1ccccc1C(=O)N1CCN(S(=O)(=O)c2cccs2)CC1)NC1CCCCCCC1. The molecule has 1 aliphatic heterocycles. The normalized spacial score (nSPS) is 18.6. The minimum Gasteiger partial charge on any atom is -0.353 e. The van der Waals surface area contributed by atoms with E-state index >= 15 is 0 Å². The number of hydrogen-bond donors (Lipinski definition) is 1. The van der Waals surface area contributed by atoms with Gasteiger partial charge in [-0.3, -0.25) is 9.59 Å². The molecule has 35 heavy (non-hydrogen) atoms. The van der Waals surface area contributed by atoms with Crippen LogP contribution in [-0.2, 0) is 14.8 Å². The minimum absolute atomic E-state index is 0.00947. The molecule has 1 aliphatic carbocycles. The molecule has 1 saturated carbocycles. The maximum Gasteiger partial charge on any atom is 0.255 e. The van der Waals surface area contributed by atoms with Crippen molar-refractivity contribution < 1.29 is 18.0 Å². The monoisotopic (exact) mass is 535 g/mol. The van der Waals surface area contributed by atoms with Gasteiger partial charge in [0.1, 0.15) is 4.21 Å². The number of carbonyl (C=O) groups is 2. The van der Waals surface area contributed by atoms with Gasteiger partial charge in [0.05, 0.1) is 11.3 Å². The summed E-state index contributed by atoms with van der Waals surface area (Å²) < 4.78 is 27.3. The molecule has 2 aromatic rings. The molecule has 1 N–H and O–H groups in total. The third-order valence-corrected chi connectivity index (χ3v) is 10.9. The predicted octanol–water partition coefficient (Wildman–Crippen LogP) is 4.22. The lowest BCUT2D eigenvalue weighted by molar-refractivity contribution is -0.119. The molecule has 10 heteroatoms. The number of nitrogens with zero attached hydrogens (tertiary/aromatic N) is 2. The van der Waals surface area contributed by atoms with Crippen LogP contribution in [0, 0.1) is 0 Å². The zero-order valence-corrected chi connectivity index (χ0v) is 22.3. The minimum atomic E-state index is -3.51. The van der Waals surface area contributed by atoms with Crippen LogP contribution in [0.2, 0.25) is 0 Å². The molecule has 190 valence electrons. The molecule has 2 amide bonds. The summed E-state index contributed by atoms with van der Waals surface area (Å²) in [5, 5.41) is 4.93. The lowest BCUT2D eigenvalue weighted by atomic mass is 9.97. The van der Waals surface area contributed by atoms with E-state index in [1.165, 1.54) is 46.7 Å². The van der Waals surface area contributed by atoms with E-state index < -0.39 is 10.0 Å². The van der Waals surface area contributed by atoms with Gasteiger partial charge in [0.25, 0.3) is 15.9 Å². The topological polar surface area (TPSA) is 86.8 Å². The maximum absolute atomic E-state index is 13.3. The molecule has 1 saturated heterocycles. The van der Waals surface area contributed by atoms with Gasteiger partial charge >= 0.3 is 0 Å². The van der Waals surface area contributed by atoms with E-state index in [0.29, 0.717) is 22.9 Å². The van der Waals surface area contributed by atoms with Crippen molar-refractivity contribution in [3.63, 3.8) is 0 Å². The van der Waals surface area contributed by atoms with Gasteiger partial charge in [-0.15, -0.1) is 23.1 Å². The Hall–Kier alpha value is -1.88. The zero-order chi connectivity index (χ0) is 24.7. The van der Waals surface area contributed by atoms with E-state index in [2.05, 4.69) is 5.32 Å². The molecule has 0 atom stereocenters. The Bertz CT molecular complexity index is 1090. The number of piperazine rings is 1. The average Bonchev–Trinajstić information content (AvgIpc) is 3.40. The number of amides is 2. The molecule has 0 unspecified atom stereocenters. The summed E-state index contributed by atoms with van der Waals surface area (Å²) in [5.41, 5.74) is 0.561. The standard InChI is InChI=1S/C25H33N3O4S3/c29-23(26-20-9-4-2-1-3-5-10-20)19-34-22-12-7-6-11-21(22)25(30)27-14-16-28(17-15-27)35(31,32)24-13-8-18-33-24/h6-8,11-13,18,20H,1-5,9-10,14-17,19H2,(H,26,29). The van der Waals surface area contributed by atoms with Gasteiger partial charge in [-0.25, -0.2) is 8.42 Å². The number of carbonyl (C=O) groups excluding carboxylic acids is 2. The Balaban J connectivity index is 1.32. The van der Waals surface area contributed by atoms with Crippen molar-refractivity contribution in [2.75, 3.05) is 31.9 Å². The lowest BCUT2D eigenvalue weighted by Gasteiger charge is -2.34. The first-order valence-electron chi connectivity index (χ1n) is 12.3. The fraction of sp³-hybridized carbons (Fsp3) is 0.520. The summed E-state index contributed by atoms with van der Waals surface area (Å²) in [6, 6.07) is 10.9. The van der Waals surface area contributed by atoms with E-state index in [9.17, 15) is 18.0 Å². The average molecular weight is 536 g/mol. The first-order valence-corrected chi connectivity index (χ1v) is 15.6. The number of nitrogens with one attached hydrogen (secondary N) is 1. The second kappa shape index (κ2) is 12.4. The van der Waals surface area contributed by atoms with Crippen LogP contribution in [0.15, 0.2) is 50.9 Å². The molecule has 1 aromatic carbocycles. The Morgan fingerprint density at radius 1 is 0.943 bits per heavy atom. The number of benzene rings is 1. The highest BCUT2D eigenvalue weighted by molar-refractivity contribution is 8.00. The summed E-state index contributed by atoms with van der Waals surface area (Å²) in [6.07, 6.45) is 8.18. The van der Waals surface area contributed by atoms with Gasteiger partial charge in [0.2, 0.25) is 5.91 Å². The van der Waals surface area contributed by atoms with Crippen LogP contribution in [0.3, 0.4) is 0 Å². The summed E-state index contributed by atoms with van der Waals surface area (Å²) in [5.74, 6) is 0.157. The number of thioether (sulfide) groups is 1. The van der Waals surface area contributed by atoms with Crippen LogP contribution in [0.5, 0.6) is 0 Å². The Morgan fingerprint density at radius 3 is 2.31 bits per heavy atom. The van der Waals surface area contributed by atoms with Crippen molar-refractivity contribution in [1.29, 1.82) is 0 Å². The third kappa shape index (κ3) is 6.87. The molecule has 2 fully saturated rings. The molecular weight excluding hydrogens is 502 g/mol. The molecule has 7 nitrogen and oxygen atoms in total. The maximum atomic E-state index is 13.3. The molecule has 4 rings (SSSR count). The van der Waals surface area contributed by atoms with E-state index in [1.807, 2.05) is 18.2 Å². The number of sulfonamides is 1. The quantitative estimate of drug-likeness (QED) is 0.537. The zero-order valence-electron chi connectivity index (χ0n) is 19.9. The van der Waals surface area contributed by atoms with Gasteiger partial charge < -0.3 is 10.2 Å². The van der Waals surface area contributed by atoms with E-state index in [0.717, 1.165) is 30.6 Å². The number of rotatable bonds is 7. The van der Waals surface area contributed by atoms with Crippen molar-refractivity contribution >= 4 is 44.9 Å². The highest BCUT2D eigenvalue weighted by Crippen LogP contribution is 2.26. The largest absolute Gasteiger partial charge is 0.353 e. The van der Waals surface area contributed by atoms with Crippen molar-refractivity contribution in [3.05, 3.63) is 47.3 Å². The summed E-state index contributed by atoms with van der Waals surface area (Å²) in [4.78, 5) is 28.4. The fourth-order valence-corrected chi connectivity index (χ4v) is 8.04. The molecule has 2 heterocycles. The van der Waals surface area contributed by atoms with Crippen LogP contribution in [0.25, 0.3) is 0 Å². The van der Waals surface area contributed by atoms with Gasteiger partial charge in [-0.2, -0.15) is 4.31 Å². The highest BCUT2D eigenvalue weighted by Gasteiger charge is 2.31. The summed E-state index contributed by atoms with van der Waals surface area (Å²) >= 11 is 2.59. The van der Waals surface area contributed by atoms with Gasteiger partial charge in [-0.05, 0) is 36.4 Å². The van der Waals surface area contributed by atoms with Crippen molar-refractivity contribution in [3.8, 4) is 0 Å². The van der Waals surface area contributed by atoms with Crippen LogP contribution >= 0.6 is 23.1 Å². The van der Waals surface area contributed by atoms with Crippen LogP contribution in [-0.4, -0.2) is 67.4 Å². The number of thiophene rings is 1. The Kier molecular flexibility index (Phi) is 9.27. The first kappa shape index (κ1) is 26.2. The van der Waals surface area contributed by atoms with Gasteiger partial charge in [-0.1, -0.05) is 50.3 Å². The molecule has 0 bridgehead atoms. The number of hydrogen-bond acceptors (Lipinski definition) is 6. The second-order valence-electron chi connectivity index (χ2n) is 9.02. The molecular formula is C25H33N3O4S3. The van der Waals surface area contributed by atoms with Gasteiger partial charge in [0, 0.05) is 37.1 Å². The highest BCUT2D eigenvalue weighted by atomic mass is 32.2. The van der Waals surface area contributed by atoms with Gasteiger partial charge in [0.15, 0.2) is 0 Å². The van der Waals surface area contributed by atoms with Crippen molar-refractivity contribution in [1.82, 2.24) is 14.5 Å².